The normalized spacial score (nSPS) is 15.4. The number of hydrogen-bond acceptors (Lipinski definition) is 5. The largest absolute Gasteiger partial charge is 0.497 e. The number of hydrogen-bond donors (Lipinski definition) is 0. The first kappa shape index (κ1) is 20.0. The third-order valence-electron chi connectivity index (χ3n) is 4.24. The Kier molecular flexibility index (Phi) is 5.69. The number of methoxy groups -OCH3 is 1. The van der Waals surface area contributed by atoms with Crippen LogP contribution in [-0.4, -0.2) is 17.3 Å². The van der Waals surface area contributed by atoms with E-state index in [0.29, 0.717) is 47.8 Å². The standard InChI is InChI=1S/C21H13Cl2NO3S2/c1-26-13-7-5-12(6-8-13)24-20(25)18(29-21(24)28)11-14-9-10-17(27-14)15-3-2-4-16(22)19(15)23/h2-11H,1H3/b18-11+. The third kappa shape index (κ3) is 3.94. The molecule has 0 spiro atoms. The molecule has 1 fully saturated rings. The minimum absolute atomic E-state index is 0.205. The van der Waals surface area contributed by atoms with Gasteiger partial charge >= 0.3 is 0 Å². The molecule has 0 N–H and O–H groups in total. The summed E-state index contributed by atoms with van der Waals surface area (Å²) in [6, 6.07) is 16.0. The molecular weight excluding hydrogens is 449 g/mol. The van der Waals surface area contributed by atoms with E-state index in [1.165, 1.54) is 16.7 Å². The molecule has 1 amide bonds. The van der Waals surface area contributed by atoms with Crippen molar-refractivity contribution in [2.24, 2.45) is 0 Å². The van der Waals surface area contributed by atoms with Crippen molar-refractivity contribution in [1.29, 1.82) is 0 Å². The van der Waals surface area contributed by atoms with Crippen LogP contribution in [0.2, 0.25) is 10.0 Å². The molecule has 29 heavy (non-hydrogen) atoms. The second-order valence-corrected chi connectivity index (χ2v) is 8.48. The summed E-state index contributed by atoms with van der Waals surface area (Å²) in [5.41, 5.74) is 1.37. The van der Waals surface area contributed by atoms with Gasteiger partial charge in [0.05, 0.1) is 27.7 Å². The Morgan fingerprint density at radius 2 is 1.86 bits per heavy atom. The summed E-state index contributed by atoms with van der Waals surface area (Å²) < 4.78 is 11.5. The Bertz CT molecular complexity index is 1140. The van der Waals surface area contributed by atoms with Crippen molar-refractivity contribution in [3.63, 3.8) is 0 Å². The van der Waals surface area contributed by atoms with Gasteiger partial charge in [0.25, 0.3) is 5.91 Å². The van der Waals surface area contributed by atoms with E-state index in [1.807, 2.05) is 6.07 Å². The maximum absolute atomic E-state index is 12.9. The number of carbonyl (C=O) groups is 1. The zero-order chi connectivity index (χ0) is 20.5. The summed E-state index contributed by atoms with van der Waals surface area (Å²) in [5, 5.41) is 0.864. The van der Waals surface area contributed by atoms with Crippen LogP contribution in [0.25, 0.3) is 17.4 Å². The van der Waals surface area contributed by atoms with E-state index in [-0.39, 0.29) is 5.91 Å². The van der Waals surface area contributed by atoms with Gasteiger partial charge in [-0.3, -0.25) is 9.69 Å². The Morgan fingerprint density at radius 1 is 1.10 bits per heavy atom. The zero-order valence-electron chi connectivity index (χ0n) is 15.0. The molecule has 3 aromatic rings. The lowest BCUT2D eigenvalue weighted by Crippen LogP contribution is -2.27. The lowest BCUT2D eigenvalue weighted by molar-refractivity contribution is -0.113. The van der Waals surface area contributed by atoms with Crippen molar-refractivity contribution in [1.82, 2.24) is 0 Å². The summed E-state index contributed by atoms with van der Waals surface area (Å²) in [7, 11) is 1.59. The number of ether oxygens (including phenoxy) is 1. The fourth-order valence-electron chi connectivity index (χ4n) is 2.82. The second-order valence-electron chi connectivity index (χ2n) is 6.02. The van der Waals surface area contributed by atoms with Gasteiger partial charge in [0.1, 0.15) is 17.3 Å². The maximum atomic E-state index is 12.9. The highest BCUT2D eigenvalue weighted by atomic mass is 35.5. The average molecular weight is 462 g/mol. The smallest absolute Gasteiger partial charge is 0.270 e. The number of thioether (sulfide) groups is 1. The number of amides is 1. The molecule has 0 radical (unpaired) electrons. The number of thiocarbonyl (C=S) groups is 1. The van der Waals surface area contributed by atoms with Crippen LogP contribution in [0.5, 0.6) is 5.75 Å². The topological polar surface area (TPSA) is 42.7 Å². The van der Waals surface area contributed by atoms with Crippen molar-refractivity contribution in [3.05, 3.63) is 75.3 Å². The fourth-order valence-corrected chi connectivity index (χ4v) is 4.49. The predicted octanol–water partition coefficient (Wildman–Crippen LogP) is 6.67. The predicted molar refractivity (Wildman–Crippen MR) is 123 cm³/mol. The first-order chi connectivity index (χ1) is 14.0. The zero-order valence-corrected chi connectivity index (χ0v) is 18.2. The summed E-state index contributed by atoms with van der Waals surface area (Å²) in [4.78, 5) is 14.9. The van der Waals surface area contributed by atoms with Crippen LogP contribution in [0.1, 0.15) is 5.76 Å². The van der Waals surface area contributed by atoms with Crippen molar-refractivity contribution >= 4 is 69.2 Å². The molecular formula is C21H13Cl2NO3S2. The molecule has 146 valence electrons. The van der Waals surface area contributed by atoms with E-state index in [9.17, 15) is 4.79 Å². The first-order valence-electron chi connectivity index (χ1n) is 8.44. The minimum Gasteiger partial charge on any atom is -0.497 e. The summed E-state index contributed by atoms with van der Waals surface area (Å²) in [6.45, 7) is 0. The fraction of sp³-hybridized carbons (Fsp3) is 0.0476. The van der Waals surface area contributed by atoms with Crippen LogP contribution >= 0.6 is 47.2 Å². The van der Waals surface area contributed by atoms with Crippen LogP contribution in [0.15, 0.2) is 63.9 Å². The molecule has 0 aliphatic carbocycles. The Hall–Kier alpha value is -2.25. The van der Waals surface area contributed by atoms with Gasteiger partial charge in [-0.15, -0.1) is 0 Å². The molecule has 0 saturated carbocycles. The number of anilines is 1. The lowest BCUT2D eigenvalue weighted by Gasteiger charge is -2.14. The van der Waals surface area contributed by atoms with Gasteiger partial charge in [0, 0.05) is 11.6 Å². The Labute approximate surface area is 187 Å². The van der Waals surface area contributed by atoms with Crippen LogP contribution in [-0.2, 0) is 4.79 Å². The number of halogens is 2. The van der Waals surface area contributed by atoms with Gasteiger partial charge in [-0.05, 0) is 48.5 Å². The molecule has 0 bridgehead atoms. The molecule has 2 aromatic carbocycles. The van der Waals surface area contributed by atoms with Crippen LogP contribution < -0.4 is 9.64 Å². The first-order valence-corrected chi connectivity index (χ1v) is 10.4. The SMILES string of the molecule is COc1ccc(N2C(=O)/C(=C\c3ccc(-c4cccc(Cl)c4Cl)o3)SC2=S)cc1. The van der Waals surface area contributed by atoms with E-state index in [2.05, 4.69) is 0 Å². The second kappa shape index (κ2) is 8.24. The summed E-state index contributed by atoms with van der Waals surface area (Å²) in [6.07, 6.45) is 1.67. The van der Waals surface area contributed by atoms with Gasteiger partial charge < -0.3 is 9.15 Å². The highest BCUT2D eigenvalue weighted by Gasteiger charge is 2.33. The Morgan fingerprint density at radius 3 is 2.59 bits per heavy atom. The molecule has 1 aromatic heterocycles. The molecule has 2 heterocycles. The Balaban J connectivity index is 1.61. The maximum Gasteiger partial charge on any atom is 0.270 e. The van der Waals surface area contributed by atoms with E-state index >= 15 is 0 Å². The molecule has 1 aliphatic rings. The van der Waals surface area contributed by atoms with Crippen molar-refractivity contribution in [2.75, 3.05) is 12.0 Å². The van der Waals surface area contributed by atoms with Crippen LogP contribution in [0, 0.1) is 0 Å². The molecule has 1 saturated heterocycles. The van der Waals surface area contributed by atoms with Crippen molar-refractivity contribution in [3.8, 4) is 17.1 Å². The molecule has 0 unspecified atom stereocenters. The number of nitrogens with zero attached hydrogens (tertiary/aromatic N) is 1. The number of carbonyl (C=O) groups excluding carboxylic acids is 1. The van der Waals surface area contributed by atoms with Gasteiger partial charge in [-0.25, -0.2) is 0 Å². The number of furan rings is 1. The van der Waals surface area contributed by atoms with Gasteiger partial charge in [-0.1, -0.05) is 53.2 Å². The van der Waals surface area contributed by atoms with Crippen molar-refractivity contribution < 1.29 is 13.9 Å². The van der Waals surface area contributed by atoms with E-state index in [1.54, 1.807) is 61.7 Å². The highest BCUT2D eigenvalue weighted by Crippen LogP contribution is 2.38. The third-order valence-corrected chi connectivity index (χ3v) is 6.36. The molecule has 1 aliphatic heterocycles. The van der Waals surface area contributed by atoms with E-state index in [4.69, 9.17) is 44.6 Å². The average Bonchev–Trinajstić information content (AvgIpc) is 3.29. The molecule has 4 rings (SSSR count). The van der Waals surface area contributed by atoms with Crippen LogP contribution in [0.3, 0.4) is 0 Å². The summed E-state index contributed by atoms with van der Waals surface area (Å²) in [5.74, 6) is 1.59. The number of rotatable bonds is 4. The molecule has 8 heteroatoms. The quantitative estimate of drug-likeness (QED) is 0.320. The molecule has 0 atom stereocenters. The molecule has 4 nitrogen and oxygen atoms in total. The van der Waals surface area contributed by atoms with E-state index < -0.39 is 0 Å². The highest BCUT2D eigenvalue weighted by molar-refractivity contribution is 8.27. The van der Waals surface area contributed by atoms with Gasteiger partial charge in [0.2, 0.25) is 0 Å². The number of benzene rings is 2. The lowest BCUT2D eigenvalue weighted by atomic mass is 10.2. The minimum atomic E-state index is -0.205. The van der Waals surface area contributed by atoms with Gasteiger partial charge in [0.15, 0.2) is 4.32 Å². The van der Waals surface area contributed by atoms with E-state index in [0.717, 1.165) is 0 Å². The van der Waals surface area contributed by atoms with Crippen LogP contribution in [0.4, 0.5) is 5.69 Å². The summed E-state index contributed by atoms with van der Waals surface area (Å²) >= 11 is 19.0. The van der Waals surface area contributed by atoms with Crippen molar-refractivity contribution in [2.45, 2.75) is 0 Å². The van der Waals surface area contributed by atoms with Gasteiger partial charge in [-0.2, -0.15) is 0 Å². The monoisotopic (exact) mass is 461 g/mol.